The molecule has 0 bridgehead atoms. The van der Waals surface area contributed by atoms with Crippen molar-refractivity contribution in [3.8, 4) is 16.8 Å². The van der Waals surface area contributed by atoms with Crippen molar-refractivity contribution in [2.75, 3.05) is 109 Å². The number of piperidine rings is 3. The average Bonchev–Trinajstić information content (AvgIpc) is 1.73. The second-order valence-corrected chi connectivity index (χ2v) is 29.6. The van der Waals surface area contributed by atoms with Gasteiger partial charge in [-0.15, -0.1) is 0 Å². The number of nitrogens with one attached hydrogen (secondary N) is 3. The number of aromatic nitrogens is 12. The first-order chi connectivity index (χ1) is 53.6. The van der Waals surface area contributed by atoms with Gasteiger partial charge in [-0.1, -0.05) is 68.0 Å². The summed E-state index contributed by atoms with van der Waals surface area (Å²) in [6.45, 7) is 7.54. The molecule has 0 spiro atoms. The van der Waals surface area contributed by atoms with Crippen LogP contribution in [-0.2, 0) is 46.5 Å². The van der Waals surface area contributed by atoms with E-state index in [0.717, 1.165) is 55.2 Å². The van der Waals surface area contributed by atoms with Gasteiger partial charge >= 0.3 is 0 Å². The Hall–Kier alpha value is -10.9. The molecule has 6 fully saturated rings. The molecule has 4 atom stereocenters. The van der Waals surface area contributed by atoms with Crippen LogP contribution in [0.1, 0.15) is 107 Å². The summed E-state index contributed by atoms with van der Waals surface area (Å²) in [5.74, 6) is -2.62. The largest absolute Gasteiger partial charge is 0.391 e. The van der Waals surface area contributed by atoms with Crippen molar-refractivity contribution in [3.05, 3.63) is 174 Å². The van der Waals surface area contributed by atoms with Gasteiger partial charge in [-0.25, -0.2) is 43.4 Å². The molecular formula is C78H101F5N24O6. The van der Waals surface area contributed by atoms with Gasteiger partial charge in [-0.2, -0.15) is 28.4 Å². The van der Waals surface area contributed by atoms with E-state index in [1.54, 1.807) is 74.0 Å². The molecule has 35 heteroatoms. The van der Waals surface area contributed by atoms with Gasteiger partial charge < -0.3 is 62.6 Å². The van der Waals surface area contributed by atoms with E-state index in [0.29, 0.717) is 120 Å². The third-order valence-electron chi connectivity index (χ3n) is 21.2. The van der Waals surface area contributed by atoms with Gasteiger partial charge in [0, 0.05) is 125 Å². The molecule has 3 saturated heterocycles. The van der Waals surface area contributed by atoms with E-state index < -0.39 is 52.7 Å². The predicted molar refractivity (Wildman–Crippen MR) is 416 cm³/mol. The van der Waals surface area contributed by atoms with Gasteiger partial charge in [0.15, 0.2) is 40.7 Å². The van der Waals surface area contributed by atoms with Crippen molar-refractivity contribution in [3.63, 3.8) is 0 Å². The Bertz CT molecular complexity index is 4620. The van der Waals surface area contributed by atoms with Gasteiger partial charge in [0.05, 0.1) is 49.1 Å². The van der Waals surface area contributed by atoms with Crippen LogP contribution in [0.2, 0.25) is 0 Å². The Morgan fingerprint density at radius 2 is 1.06 bits per heavy atom. The van der Waals surface area contributed by atoms with Crippen molar-refractivity contribution in [2.24, 2.45) is 36.1 Å². The molecule has 113 heavy (non-hydrogen) atoms. The molecule has 604 valence electrons. The van der Waals surface area contributed by atoms with Crippen LogP contribution in [0.15, 0.2) is 121 Å². The van der Waals surface area contributed by atoms with Crippen molar-refractivity contribution < 1.29 is 51.1 Å². The van der Waals surface area contributed by atoms with E-state index >= 15 is 17.6 Å². The highest BCUT2D eigenvalue weighted by atomic mass is 19.1. The minimum absolute atomic E-state index is 0. The lowest BCUT2D eigenvalue weighted by atomic mass is 9.77. The fourth-order valence-electron chi connectivity index (χ4n) is 14.5. The first-order valence-electron chi connectivity index (χ1n) is 37.4. The highest BCUT2D eigenvalue weighted by molar-refractivity contribution is 5.76. The van der Waals surface area contributed by atoms with Gasteiger partial charge in [0.1, 0.15) is 30.6 Å². The molecule has 3 aliphatic carbocycles. The monoisotopic (exact) mass is 1560 g/mol. The third kappa shape index (κ3) is 21.5. The number of halogens is 5. The maximum atomic E-state index is 15.8. The number of amides is 3. The van der Waals surface area contributed by atoms with Crippen LogP contribution >= 0.6 is 0 Å². The minimum Gasteiger partial charge on any atom is -0.391 e. The van der Waals surface area contributed by atoms with Crippen molar-refractivity contribution >= 4 is 52.6 Å². The number of β-amino-alcohol motifs (C(OH)–C–C–N with tert-alkyl or cyclic N) is 2. The first kappa shape index (κ1) is 83.1. The lowest BCUT2D eigenvalue weighted by molar-refractivity contribution is -0.121. The molecule has 6 aliphatic rings. The number of aryl methyl sites for hydroxylation is 2. The number of anilines is 6. The fourth-order valence-corrected chi connectivity index (χ4v) is 14.5. The number of benzene rings is 3. The molecule has 9 heterocycles. The van der Waals surface area contributed by atoms with Crippen LogP contribution in [0.4, 0.5) is 56.9 Å². The van der Waals surface area contributed by atoms with Crippen LogP contribution in [0.5, 0.6) is 0 Å². The Labute approximate surface area is 652 Å². The second-order valence-electron chi connectivity index (χ2n) is 29.6. The molecule has 6 aromatic heterocycles. The molecule has 0 radical (unpaired) electrons. The number of aliphatic hydroxyl groups excluding tert-OH is 2. The molecule has 9 aromatic rings. The van der Waals surface area contributed by atoms with E-state index in [9.17, 15) is 29.0 Å². The van der Waals surface area contributed by atoms with Gasteiger partial charge in [-0.05, 0) is 133 Å². The lowest BCUT2D eigenvalue weighted by Gasteiger charge is -2.39. The zero-order valence-corrected chi connectivity index (χ0v) is 61.9. The third-order valence-corrected chi connectivity index (χ3v) is 21.2. The van der Waals surface area contributed by atoms with Gasteiger partial charge in [-0.3, -0.25) is 33.8 Å². The number of nitrogens with two attached hydrogens (primary N) is 3. The summed E-state index contributed by atoms with van der Waals surface area (Å²) in [7, 11) is 1.80. The van der Waals surface area contributed by atoms with E-state index in [2.05, 4.69) is 90.5 Å². The highest BCUT2D eigenvalue weighted by Gasteiger charge is 2.42. The van der Waals surface area contributed by atoms with Crippen molar-refractivity contribution in [1.82, 2.24) is 74.3 Å². The topological polar surface area (TPSA) is 377 Å². The smallest absolute Gasteiger partial charge is 0.231 e. The first-order valence-corrected chi connectivity index (χ1v) is 37.4. The zero-order valence-electron chi connectivity index (χ0n) is 61.9. The molecule has 3 aromatic carbocycles. The van der Waals surface area contributed by atoms with Crippen LogP contribution in [0.3, 0.4) is 0 Å². The molecule has 3 aliphatic heterocycles. The van der Waals surface area contributed by atoms with Gasteiger partial charge in [0.2, 0.25) is 41.6 Å². The molecule has 15 rings (SSSR count). The summed E-state index contributed by atoms with van der Waals surface area (Å²) < 4.78 is 85.3. The average molecular weight is 1570 g/mol. The maximum Gasteiger partial charge on any atom is 0.231 e. The Morgan fingerprint density at radius 1 is 0.575 bits per heavy atom. The summed E-state index contributed by atoms with van der Waals surface area (Å²) >= 11 is 0. The number of carbonyl (C=O) groups is 3. The molecule has 4 unspecified atom stereocenters. The molecule has 30 nitrogen and oxygen atoms in total. The maximum absolute atomic E-state index is 15.8. The van der Waals surface area contributed by atoms with E-state index in [4.69, 9.17) is 21.7 Å². The Balaban J connectivity index is 0.000000166. The van der Waals surface area contributed by atoms with Crippen molar-refractivity contribution in [1.29, 1.82) is 0 Å². The van der Waals surface area contributed by atoms with E-state index in [-0.39, 0.29) is 118 Å². The fraction of sp³-hybridized carbons (Fsp3) is 0.474. The zero-order chi connectivity index (χ0) is 77.9. The summed E-state index contributed by atoms with van der Waals surface area (Å²) in [6, 6.07) is 20.3. The quantitative estimate of drug-likeness (QED) is 0.0205. The summed E-state index contributed by atoms with van der Waals surface area (Å²) in [5.41, 5.74) is 20.7. The van der Waals surface area contributed by atoms with Gasteiger partial charge in [0.25, 0.3) is 0 Å². The van der Waals surface area contributed by atoms with E-state index in [1.807, 2.05) is 33.9 Å². The second kappa shape index (κ2) is 37.6. The Kier molecular flexibility index (Phi) is 27.7. The standard InChI is InChI=1S/C26H32F2N8O2.C25H30F2N8O2.C25H31FN8O2.2CH4/c1-34-11-19(10-33-34)16-2-3-18(21(27)8-16)12-36(20-4-5-20)26-24(28)25(31-15-32-26)30-9-17-6-7-35(13-22(17)37)14-23(29)38;26-20-10-19(35-8-1-7-32-35)3-2-17(20)12-34(18-4-5-18)25-23(27)24(30-15-31-25)29-11-16-6-9-33(13-21(16)36)14-22(28)37;1-17-2-4-18(5-3-17)12-34(19-6-7-19)23-21(26)22(29-15-30-23)28-14-25(24-31-16-36-32-24)8-10-33(11-9-25)13-20(27)35;;/h2-3,8,10-11,15,17,20,22,37H,4-7,9,12-14H2,1H3,(H2,29,38)(H,30,31,32);1-3,7-8,10,15-16,18,21,36H,4-6,9,11-14H2,(H2,28,37)(H,29,30,31);2-5,15-16,19H,6-14H2,1H3,(H2,27,35)(H,28,29,30);2*1H4. The number of likely N-dealkylation sites (tertiary alicyclic amines) is 3. The number of aliphatic hydroxyl groups is 2. The SMILES string of the molecule is C.C.Cc1ccc(CN(c2ncnc(NCC3(c4ncon4)CCN(CC(N)=O)CC3)c2F)C2CC2)cc1.Cn1cc(-c2ccc(CN(c3ncnc(NCC4CCN(CC(N)=O)CC4O)c3F)C3CC3)c(F)c2)cn1.NC(=O)CN1CCC(CNc2ncnc(N(Cc3ccc(-n4cccn4)cc3F)C3CC3)c2F)C(O)C1. The van der Waals surface area contributed by atoms with Crippen LogP contribution in [0.25, 0.3) is 16.8 Å². The lowest BCUT2D eigenvalue weighted by Crippen LogP contribution is -2.49. The van der Waals surface area contributed by atoms with Crippen LogP contribution in [0, 0.1) is 47.8 Å². The Morgan fingerprint density at radius 3 is 1.50 bits per heavy atom. The van der Waals surface area contributed by atoms with E-state index in [1.165, 1.54) is 43.1 Å². The number of hydrogen-bond donors (Lipinski definition) is 8. The predicted octanol–water partition coefficient (Wildman–Crippen LogP) is 7.27. The molecule has 11 N–H and O–H groups in total. The normalized spacial score (nSPS) is 18.9. The number of primary amides is 3. The number of carbonyl (C=O) groups excluding carboxylic acids is 3. The number of nitrogens with zero attached hydrogens (tertiary/aromatic N) is 18. The minimum atomic E-state index is -0.680. The van der Waals surface area contributed by atoms with Crippen LogP contribution in [-0.4, -0.2) is 211 Å². The molecule has 3 saturated carbocycles. The molecule has 3 amide bonds. The van der Waals surface area contributed by atoms with Crippen molar-refractivity contribution in [2.45, 2.75) is 141 Å². The molecular weight excluding hydrogens is 1460 g/mol. The van der Waals surface area contributed by atoms with Crippen LogP contribution < -0.4 is 47.9 Å². The summed E-state index contributed by atoms with van der Waals surface area (Å²) in [4.78, 5) is 74.3. The summed E-state index contributed by atoms with van der Waals surface area (Å²) in [5, 5.41) is 42.6. The highest BCUT2D eigenvalue weighted by Crippen LogP contribution is 2.40. The number of rotatable bonds is 30. The summed E-state index contributed by atoms with van der Waals surface area (Å²) in [6.07, 6.45) is 18.9. The number of hydrogen-bond acceptors (Lipinski definition) is 25.